The van der Waals surface area contributed by atoms with Crippen molar-refractivity contribution in [3.8, 4) is 0 Å². The minimum absolute atomic E-state index is 0.354. The molecular weight excluding hydrogens is 342 g/mol. The molecule has 118 valence electrons. The fraction of sp³-hybridized carbons (Fsp3) is 0.471. The molecule has 4 nitrogen and oxygen atoms in total. The number of H-pyrrole nitrogens is 1. The van der Waals surface area contributed by atoms with Crippen molar-refractivity contribution < 1.29 is 4.74 Å². The molecule has 1 N–H and O–H groups in total. The zero-order chi connectivity index (χ0) is 15.4. The Bertz CT molecular complexity index is 594. The third-order valence-electron chi connectivity index (χ3n) is 4.04. The third-order valence-corrected chi connectivity index (χ3v) is 4.78. The molecule has 1 aromatic carbocycles. The molecular formula is C17H22BrN3O. The summed E-state index contributed by atoms with van der Waals surface area (Å²) < 4.78 is 6.99. The first-order valence-electron chi connectivity index (χ1n) is 7.77. The molecule has 1 fully saturated rings. The number of aromatic amines is 1. The van der Waals surface area contributed by atoms with E-state index in [-0.39, 0.29) is 0 Å². The van der Waals surface area contributed by atoms with Crippen LogP contribution in [0.5, 0.6) is 0 Å². The van der Waals surface area contributed by atoms with Crippen molar-refractivity contribution in [3.63, 3.8) is 0 Å². The normalized spacial score (nSPS) is 18.2. The molecule has 0 amide bonds. The van der Waals surface area contributed by atoms with Crippen LogP contribution in [0.3, 0.4) is 0 Å². The van der Waals surface area contributed by atoms with Crippen LogP contribution < -0.4 is 0 Å². The number of benzene rings is 1. The minimum atomic E-state index is 0.354. The van der Waals surface area contributed by atoms with E-state index >= 15 is 0 Å². The van der Waals surface area contributed by atoms with Gasteiger partial charge in [0.25, 0.3) is 0 Å². The van der Waals surface area contributed by atoms with Gasteiger partial charge < -0.3 is 9.72 Å². The highest BCUT2D eigenvalue weighted by Crippen LogP contribution is 2.22. The molecule has 1 unspecified atom stereocenters. The molecule has 0 radical (unpaired) electrons. The molecule has 0 saturated carbocycles. The van der Waals surface area contributed by atoms with Crippen LogP contribution in [0.25, 0.3) is 0 Å². The van der Waals surface area contributed by atoms with Gasteiger partial charge in [0, 0.05) is 42.6 Å². The van der Waals surface area contributed by atoms with Crippen LogP contribution in [0.1, 0.15) is 29.7 Å². The molecule has 2 heterocycles. The Labute approximate surface area is 140 Å². The number of halogens is 1. The summed E-state index contributed by atoms with van der Waals surface area (Å²) >= 11 is 3.69. The fourth-order valence-electron chi connectivity index (χ4n) is 2.89. The maximum Gasteiger partial charge on any atom is 0.0922 e. The summed E-state index contributed by atoms with van der Waals surface area (Å²) in [6.07, 6.45) is 6.33. The third kappa shape index (κ3) is 4.18. The van der Waals surface area contributed by atoms with Gasteiger partial charge in [-0.3, -0.25) is 4.90 Å². The van der Waals surface area contributed by atoms with Crippen molar-refractivity contribution in [3.05, 3.63) is 52.0 Å². The first-order valence-corrected chi connectivity index (χ1v) is 8.56. The van der Waals surface area contributed by atoms with Crippen LogP contribution in [0.4, 0.5) is 0 Å². The minimum Gasteiger partial charge on any atom is -0.377 e. The lowest BCUT2D eigenvalue weighted by molar-refractivity contribution is 0.0674. The van der Waals surface area contributed by atoms with Crippen LogP contribution in [0.15, 0.2) is 35.2 Å². The summed E-state index contributed by atoms with van der Waals surface area (Å²) in [5, 5.41) is 0. The average molecular weight is 364 g/mol. The zero-order valence-corrected chi connectivity index (χ0v) is 14.5. The summed E-state index contributed by atoms with van der Waals surface area (Å²) in [6.45, 7) is 5.74. The van der Waals surface area contributed by atoms with Crippen LogP contribution in [-0.2, 0) is 17.8 Å². The molecule has 0 spiro atoms. The standard InChI is InChI=1S/C17H22BrN3O/c1-13-4-5-14(17(18)7-13)9-21(10-15-8-19-12-20-15)11-16-3-2-6-22-16/h4-5,7-8,12,16H,2-3,6,9-11H2,1H3,(H,19,20). The molecule has 1 aliphatic heterocycles. The van der Waals surface area contributed by atoms with E-state index in [4.69, 9.17) is 4.74 Å². The van der Waals surface area contributed by atoms with Gasteiger partial charge in [0.15, 0.2) is 0 Å². The monoisotopic (exact) mass is 363 g/mol. The van der Waals surface area contributed by atoms with Gasteiger partial charge in [-0.15, -0.1) is 0 Å². The second-order valence-corrected chi connectivity index (χ2v) is 6.83. The largest absolute Gasteiger partial charge is 0.377 e. The van der Waals surface area contributed by atoms with Crippen molar-refractivity contribution in [2.45, 2.75) is 39.0 Å². The highest BCUT2D eigenvalue weighted by molar-refractivity contribution is 9.10. The van der Waals surface area contributed by atoms with Gasteiger partial charge in [0.05, 0.1) is 12.4 Å². The first kappa shape index (κ1) is 15.7. The number of rotatable bonds is 6. The van der Waals surface area contributed by atoms with E-state index in [1.165, 1.54) is 22.0 Å². The van der Waals surface area contributed by atoms with Gasteiger partial charge >= 0.3 is 0 Å². The number of imidazole rings is 1. The highest BCUT2D eigenvalue weighted by atomic mass is 79.9. The summed E-state index contributed by atoms with van der Waals surface area (Å²) in [4.78, 5) is 9.75. The molecule has 5 heteroatoms. The lowest BCUT2D eigenvalue weighted by atomic mass is 10.1. The molecule has 3 rings (SSSR count). The number of hydrogen-bond acceptors (Lipinski definition) is 3. The Kier molecular flexibility index (Phi) is 5.28. The summed E-state index contributed by atoms with van der Waals surface area (Å²) in [5.41, 5.74) is 3.72. The Morgan fingerprint density at radius 2 is 2.32 bits per heavy atom. The van der Waals surface area contributed by atoms with E-state index < -0.39 is 0 Å². The van der Waals surface area contributed by atoms with Crippen molar-refractivity contribution in [2.24, 2.45) is 0 Å². The molecule has 2 aromatic rings. The first-order chi connectivity index (χ1) is 10.7. The second kappa shape index (κ2) is 7.40. The van der Waals surface area contributed by atoms with Crippen molar-refractivity contribution in [1.29, 1.82) is 0 Å². The maximum absolute atomic E-state index is 5.81. The smallest absolute Gasteiger partial charge is 0.0922 e. The number of nitrogens with one attached hydrogen (secondary N) is 1. The van der Waals surface area contributed by atoms with E-state index in [1.54, 1.807) is 6.33 Å². The number of aryl methyl sites for hydroxylation is 1. The Morgan fingerprint density at radius 3 is 3.00 bits per heavy atom. The quantitative estimate of drug-likeness (QED) is 0.851. The van der Waals surface area contributed by atoms with Gasteiger partial charge in [-0.2, -0.15) is 0 Å². The molecule has 0 bridgehead atoms. The van der Waals surface area contributed by atoms with Gasteiger partial charge in [0.2, 0.25) is 0 Å². The highest BCUT2D eigenvalue weighted by Gasteiger charge is 2.20. The van der Waals surface area contributed by atoms with Crippen molar-refractivity contribution >= 4 is 15.9 Å². The molecule has 22 heavy (non-hydrogen) atoms. The Hall–Kier alpha value is -1.17. The molecule has 0 aliphatic carbocycles. The number of ether oxygens (including phenoxy) is 1. The van der Waals surface area contributed by atoms with Crippen molar-refractivity contribution in [1.82, 2.24) is 14.9 Å². The van der Waals surface area contributed by atoms with Gasteiger partial charge in [0.1, 0.15) is 0 Å². The van der Waals surface area contributed by atoms with Crippen LogP contribution >= 0.6 is 15.9 Å². The zero-order valence-electron chi connectivity index (χ0n) is 12.9. The predicted molar refractivity (Wildman–Crippen MR) is 90.6 cm³/mol. The lowest BCUT2D eigenvalue weighted by Gasteiger charge is -2.25. The molecule has 1 atom stereocenters. The second-order valence-electron chi connectivity index (χ2n) is 5.98. The molecule has 1 aliphatic rings. The Balaban J connectivity index is 1.71. The lowest BCUT2D eigenvalue weighted by Crippen LogP contribution is -2.31. The maximum atomic E-state index is 5.81. The summed E-state index contributed by atoms with van der Waals surface area (Å²) in [5.74, 6) is 0. The summed E-state index contributed by atoms with van der Waals surface area (Å²) in [6, 6.07) is 6.55. The van der Waals surface area contributed by atoms with Crippen molar-refractivity contribution in [2.75, 3.05) is 13.2 Å². The van der Waals surface area contributed by atoms with Gasteiger partial charge in [-0.25, -0.2) is 4.98 Å². The fourth-order valence-corrected chi connectivity index (χ4v) is 3.51. The number of nitrogens with zero attached hydrogens (tertiary/aromatic N) is 2. The van der Waals surface area contributed by atoms with E-state index in [1.807, 2.05) is 6.20 Å². The van der Waals surface area contributed by atoms with Gasteiger partial charge in [-0.1, -0.05) is 28.1 Å². The van der Waals surface area contributed by atoms with E-state index in [0.717, 1.165) is 38.4 Å². The van der Waals surface area contributed by atoms with Crippen LogP contribution in [-0.4, -0.2) is 34.1 Å². The molecule has 1 saturated heterocycles. The SMILES string of the molecule is Cc1ccc(CN(Cc2cnc[nH]2)CC2CCCO2)c(Br)c1. The van der Waals surface area contributed by atoms with Gasteiger partial charge in [-0.05, 0) is 37.0 Å². The summed E-state index contributed by atoms with van der Waals surface area (Å²) in [7, 11) is 0. The number of hydrogen-bond donors (Lipinski definition) is 1. The van der Waals surface area contributed by atoms with E-state index in [9.17, 15) is 0 Å². The van der Waals surface area contributed by atoms with Crippen LogP contribution in [0, 0.1) is 6.92 Å². The average Bonchev–Trinajstić information content (AvgIpc) is 3.15. The predicted octanol–water partition coefficient (Wildman–Crippen LogP) is 3.66. The number of aromatic nitrogens is 2. The topological polar surface area (TPSA) is 41.2 Å². The van der Waals surface area contributed by atoms with Crippen LogP contribution in [0.2, 0.25) is 0 Å². The van der Waals surface area contributed by atoms with E-state index in [2.05, 4.69) is 55.9 Å². The Morgan fingerprint density at radius 1 is 1.41 bits per heavy atom. The molecule has 1 aromatic heterocycles. The van der Waals surface area contributed by atoms with E-state index in [0.29, 0.717) is 6.10 Å².